The number of nitrogens with zero attached hydrogens (tertiary/aromatic N) is 1. The molecule has 1 aliphatic carbocycles. The molecule has 0 radical (unpaired) electrons. The van der Waals surface area contributed by atoms with E-state index in [0.717, 1.165) is 42.5 Å². The smallest absolute Gasteiger partial charge is 0.229 e. The summed E-state index contributed by atoms with van der Waals surface area (Å²) in [4.78, 5) is 26.8. The van der Waals surface area contributed by atoms with Crippen molar-refractivity contribution in [3.63, 3.8) is 0 Å². The first-order valence-corrected chi connectivity index (χ1v) is 8.85. The van der Waals surface area contributed by atoms with Gasteiger partial charge in [0, 0.05) is 24.7 Å². The molecular formula is C19H26N2O2. The molecule has 1 unspecified atom stereocenters. The average molecular weight is 314 g/mol. The van der Waals surface area contributed by atoms with E-state index < -0.39 is 0 Å². The van der Waals surface area contributed by atoms with Crippen LogP contribution in [0, 0.1) is 5.92 Å². The van der Waals surface area contributed by atoms with Gasteiger partial charge in [-0.3, -0.25) is 9.59 Å². The molecule has 0 spiro atoms. The standard InChI is InChI=1S/C19H26N2O2/c1-3-13-7-5-8-14(4-2)18(13)20-19(23)15-11-17(22)21(12-15)16-9-6-10-16/h5,7-8,15-16H,3-4,6,9-12H2,1-2H3,(H,20,23). The van der Waals surface area contributed by atoms with Crippen molar-refractivity contribution in [2.45, 2.75) is 58.4 Å². The van der Waals surface area contributed by atoms with Gasteiger partial charge in [0.2, 0.25) is 11.8 Å². The van der Waals surface area contributed by atoms with E-state index in [4.69, 9.17) is 0 Å². The van der Waals surface area contributed by atoms with E-state index in [1.165, 1.54) is 6.42 Å². The predicted octanol–water partition coefficient (Wildman–Crippen LogP) is 3.15. The molecule has 2 aliphatic rings. The quantitative estimate of drug-likeness (QED) is 0.907. The molecule has 1 aromatic carbocycles. The second-order valence-corrected chi connectivity index (χ2v) is 6.68. The first-order valence-electron chi connectivity index (χ1n) is 8.85. The van der Waals surface area contributed by atoms with Crippen LogP contribution >= 0.6 is 0 Å². The first kappa shape index (κ1) is 16.0. The van der Waals surface area contributed by atoms with Gasteiger partial charge in [-0.25, -0.2) is 0 Å². The molecular weight excluding hydrogens is 288 g/mol. The van der Waals surface area contributed by atoms with E-state index in [1.54, 1.807) is 0 Å². The maximum Gasteiger partial charge on any atom is 0.229 e. The van der Waals surface area contributed by atoms with Gasteiger partial charge < -0.3 is 10.2 Å². The monoisotopic (exact) mass is 314 g/mol. The summed E-state index contributed by atoms with van der Waals surface area (Å²) in [6.07, 6.45) is 5.53. The van der Waals surface area contributed by atoms with Crippen LogP contribution in [0.25, 0.3) is 0 Å². The highest BCUT2D eigenvalue weighted by molar-refractivity contribution is 5.98. The Labute approximate surface area is 138 Å². The number of benzene rings is 1. The van der Waals surface area contributed by atoms with Crippen LogP contribution < -0.4 is 5.32 Å². The fraction of sp³-hybridized carbons (Fsp3) is 0.579. The number of amides is 2. The molecule has 4 nitrogen and oxygen atoms in total. The SMILES string of the molecule is CCc1cccc(CC)c1NC(=O)C1CC(=O)N(C2CCC2)C1. The summed E-state index contributed by atoms with van der Waals surface area (Å²) in [5.41, 5.74) is 3.28. The van der Waals surface area contributed by atoms with E-state index in [9.17, 15) is 9.59 Å². The molecule has 1 atom stereocenters. The molecule has 23 heavy (non-hydrogen) atoms. The third-order valence-electron chi connectivity index (χ3n) is 5.29. The van der Waals surface area contributed by atoms with Crippen LogP contribution in [0.3, 0.4) is 0 Å². The van der Waals surface area contributed by atoms with Crippen LogP contribution in [-0.2, 0) is 22.4 Å². The third kappa shape index (κ3) is 3.12. The van der Waals surface area contributed by atoms with Gasteiger partial charge in [-0.2, -0.15) is 0 Å². The second kappa shape index (κ2) is 6.73. The summed E-state index contributed by atoms with van der Waals surface area (Å²) < 4.78 is 0. The topological polar surface area (TPSA) is 49.4 Å². The van der Waals surface area contributed by atoms with E-state index in [-0.39, 0.29) is 17.7 Å². The molecule has 1 N–H and O–H groups in total. The van der Waals surface area contributed by atoms with Crippen LogP contribution in [0.5, 0.6) is 0 Å². The minimum absolute atomic E-state index is 0.00391. The maximum absolute atomic E-state index is 12.7. The van der Waals surface area contributed by atoms with Crippen molar-refractivity contribution in [3.8, 4) is 0 Å². The Hall–Kier alpha value is -1.84. The van der Waals surface area contributed by atoms with Crippen molar-refractivity contribution < 1.29 is 9.59 Å². The van der Waals surface area contributed by atoms with Crippen molar-refractivity contribution in [3.05, 3.63) is 29.3 Å². The number of nitrogens with one attached hydrogen (secondary N) is 1. The molecule has 1 aliphatic heterocycles. The third-order valence-corrected chi connectivity index (χ3v) is 5.29. The largest absolute Gasteiger partial charge is 0.339 e. The summed E-state index contributed by atoms with van der Waals surface area (Å²) >= 11 is 0. The number of rotatable bonds is 5. The Bertz CT molecular complexity index is 585. The Morgan fingerprint density at radius 1 is 1.22 bits per heavy atom. The molecule has 4 heteroatoms. The fourth-order valence-corrected chi connectivity index (χ4v) is 3.59. The van der Waals surface area contributed by atoms with Crippen LogP contribution in [0.1, 0.15) is 50.7 Å². The van der Waals surface area contributed by atoms with Crippen molar-refractivity contribution in [1.82, 2.24) is 4.90 Å². The Morgan fingerprint density at radius 2 is 1.87 bits per heavy atom. The fourth-order valence-electron chi connectivity index (χ4n) is 3.59. The zero-order valence-corrected chi connectivity index (χ0v) is 14.1. The number of carbonyl (C=O) groups is 2. The lowest BCUT2D eigenvalue weighted by atomic mass is 9.92. The van der Waals surface area contributed by atoms with Crippen molar-refractivity contribution in [2.24, 2.45) is 5.92 Å². The lowest BCUT2D eigenvalue weighted by Gasteiger charge is -2.34. The molecule has 1 aromatic rings. The molecule has 2 fully saturated rings. The summed E-state index contributed by atoms with van der Waals surface area (Å²) in [7, 11) is 0. The zero-order valence-electron chi connectivity index (χ0n) is 14.1. The molecule has 124 valence electrons. The number of para-hydroxylation sites is 1. The van der Waals surface area contributed by atoms with Gasteiger partial charge in [0.05, 0.1) is 5.92 Å². The Balaban J connectivity index is 1.71. The predicted molar refractivity (Wildman–Crippen MR) is 91.3 cm³/mol. The number of aryl methyl sites for hydroxylation is 2. The number of carbonyl (C=O) groups excluding carboxylic acids is 2. The highest BCUT2D eigenvalue weighted by atomic mass is 16.2. The minimum atomic E-state index is -0.210. The number of likely N-dealkylation sites (tertiary alicyclic amines) is 1. The van der Waals surface area contributed by atoms with Crippen molar-refractivity contribution in [1.29, 1.82) is 0 Å². The number of hydrogen-bond donors (Lipinski definition) is 1. The highest BCUT2D eigenvalue weighted by Crippen LogP contribution is 2.31. The van der Waals surface area contributed by atoms with Gasteiger partial charge in [0.25, 0.3) is 0 Å². The van der Waals surface area contributed by atoms with Gasteiger partial charge in [-0.15, -0.1) is 0 Å². The van der Waals surface area contributed by atoms with Gasteiger partial charge in [-0.05, 0) is 43.2 Å². The van der Waals surface area contributed by atoms with E-state index >= 15 is 0 Å². The highest BCUT2D eigenvalue weighted by Gasteiger charge is 2.39. The van der Waals surface area contributed by atoms with Crippen LogP contribution in [0.4, 0.5) is 5.69 Å². The molecule has 0 aromatic heterocycles. The minimum Gasteiger partial charge on any atom is -0.339 e. The van der Waals surface area contributed by atoms with E-state index in [2.05, 4.69) is 31.3 Å². The van der Waals surface area contributed by atoms with E-state index in [0.29, 0.717) is 19.0 Å². The van der Waals surface area contributed by atoms with Crippen molar-refractivity contribution in [2.75, 3.05) is 11.9 Å². The van der Waals surface area contributed by atoms with Crippen LogP contribution in [0.2, 0.25) is 0 Å². The van der Waals surface area contributed by atoms with Crippen LogP contribution in [-0.4, -0.2) is 29.3 Å². The maximum atomic E-state index is 12.7. The van der Waals surface area contributed by atoms with Gasteiger partial charge in [0.15, 0.2) is 0 Å². The van der Waals surface area contributed by atoms with E-state index in [1.807, 2.05) is 11.0 Å². The lowest BCUT2D eigenvalue weighted by molar-refractivity contribution is -0.131. The van der Waals surface area contributed by atoms with Gasteiger partial charge in [-0.1, -0.05) is 32.0 Å². The average Bonchev–Trinajstić information content (AvgIpc) is 2.87. The second-order valence-electron chi connectivity index (χ2n) is 6.68. The van der Waals surface area contributed by atoms with Crippen molar-refractivity contribution >= 4 is 17.5 Å². The number of hydrogen-bond acceptors (Lipinski definition) is 2. The summed E-state index contributed by atoms with van der Waals surface area (Å²) in [6.45, 7) is 4.79. The number of anilines is 1. The van der Waals surface area contributed by atoms with Gasteiger partial charge >= 0.3 is 0 Å². The summed E-state index contributed by atoms with van der Waals surface area (Å²) in [6, 6.07) is 6.56. The lowest BCUT2D eigenvalue weighted by Crippen LogP contribution is -2.41. The zero-order chi connectivity index (χ0) is 16.4. The summed E-state index contributed by atoms with van der Waals surface area (Å²) in [5.74, 6) is -0.0668. The Morgan fingerprint density at radius 3 is 2.39 bits per heavy atom. The first-order chi connectivity index (χ1) is 11.1. The molecule has 1 heterocycles. The molecule has 1 saturated carbocycles. The normalized spacial score (nSPS) is 21.4. The summed E-state index contributed by atoms with van der Waals surface area (Å²) in [5, 5.41) is 3.12. The Kier molecular flexibility index (Phi) is 4.69. The molecule has 2 amide bonds. The molecule has 0 bridgehead atoms. The molecule has 1 saturated heterocycles. The molecule has 3 rings (SSSR count). The van der Waals surface area contributed by atoms with Crippen LogP contribution in [0.15, 0.2) is 18.2 Å². The van der Waals surface area contributed by atoms with Gasteiger partial charge in [0.1, 0.15) is 0 Å².